The molecule has 2 N–H and O–H groups in total. The van der Waals surface area contributed by atoms with Crippen molar-refractivity contribution >= 4 is 38.4 Å². The second kappa shape index (κ2) is 8.84. The predicted molar refractivity (Wildman–Crippen MR) is 127 cm³/mol. The maximum Gasteiger partial charge on any atom is 0.264 e. The second-order valence-electron chi connectivity index (χ2n) is 7.53. The molecule has 0 atom stereocenters. The number of sulfonamides is 1. The number of amides is 2. The number of hydrogen-bond donors (Lipinski definition) is 2. The molecule has 166 valence electrons. The highest BCUT2D eigenvalue weighted by Crippen LogP contribution is 2.27. The Morgan fingerprint density at radius 2 is 1.55 bits per heavy atom. The molecule has 3 aromatic carbocycles. The maximum absolute atomic E-state index is 13.2. The summed E-state index contributed by atoms with van der Waals surface area (Å²) in [6.07, 6.45) is 0. The summed E-state index contributed by atoms with van der Waals surface area (Å²) in [5.41, 5.74) is 4.23. The Morgan fingerprint density at radius 1 is 0.879 bits per heavy atom. The Kier molecular flexibility index (Phi) is 5.93. The third-order valence-corrected chi connectivity index (χ3v) is 6.53. The molecule has 1 heterocycles. The number of benzene rings is 3. The third-order valence-electron chi connectivity index (χ3n) is 5.08. The first-order chi connectivity index (χ1) is 15.7. The lowest BCUT2D eigenvalue weighted by Crippen LogP contribution is -2.28. The Morgan fingerprint density at radius 3 is 2.24 bits per heavy atom. The lowest BCUT2D eigenvalue weighted by molar-refractivity contribution is -0.117. The highest BCUT2D eigenvalue weighted by Gasteiger charge is 2.17. The molecule has 0 saturated heterocycles. The van der Waals surface area contributed by atoms with Gasteiger partial charge in [0.15, 0.2) is 0 Å². The predicted octanol–water partition coefficient (Wildman–Crippen LogP) is 4.29. The smallest absolute Gasteiger partial charge is 0.264 e. The molecular formula is C25H21N3O4S. The van der Waals surface area contributed by atoms with Crippen molar-refractivity contribution in [1.82, 2.24) is 9.71 Å². The van der Waals surface area contributed by atoms with Crippen LogP contribution >= 0.6 is 0 Å². The number of nitrogens with one attached hydrogen (secondary N) is 2. The van der Waals surface area contributed by atoms with Gasteiger partial charge in [-0.05, 0) is 48.9 Å². The highest BCUT2D eigenvalue weighted by molar-refractivity contribution is 7.90. The fourth-order valence-corrected chi connectivity index (χ4v) is 4.52. The zero-order valence-corrected chi connectivity index (χ0v) is 18.8. The van der Waals surface area contributed by atoms with Gasteiger partial charge >= 0.3 is 0 Å². The summed E-state index contributed by atoms with van der Waals surface area (Å²) in [5, 5.41) is 3.52. The third kappa shape index (κ3) is 4.75. The Labute approximate surface area is 191 Å². The van der Waals surface area contributed by atoms with Gasteiger partial charge in [0.1, 0.15) is 0 Å². The average molecular weight is 460 g/mol. The van der Waals surface area contributed by atoms with E-state index in [0.29, 0.717) is 27.8 Å². The van der Waals surface area contributed by atoms with E-state index in [1.807, 2.05) is 60.2 Å². The van der Waals surface area contributed by atoms with Crippen molar-refractivity contribution in [2.45, 2.75) is 18.7 Å². The van der Waals surface area contributed by atoms with Crippen molar-refractivity contribution in [1.29, 1.82) is 0 Å². The molecule has 0 saturated carbocycles. The number of pyridine rings is 1. The first-order valence-electron chi connectivity index (χ1n) is 10.2. The summed E-state index contributed by atoms with van der Waals surface area (Å²) in [6.45, 7) is 3.11. The number of aryl methyl sites for hydroxylation is 1. The van der Waals surface area contributed by atoms with Gasteiger partial charge < -0.3 is 5.32 Å². The molecule has 8 heteroatoms. The Balaban J connectivity index is 1.69. The Hall–Kier alpha value is -4.04. The fraction of sp³-hybridized carbons (Fsp3) is 0.0800. The van der Waals surface area contributed by atoms with Gasteiger partial charge in [-0.25, -0.2) is 18.1 Å². The molecule has 0 radical (unpaired) electrons. The van der Waals surface area contributed by atoms with Crippen LogP contribution in [0.4, 0.5) is 5.69 Å². The summed E-state index contributed by atoms with van der Waals surface area (Å²) in [7, 11) is -3.95. The zero-order chi connectivity index (χ0) is 23.6. The van der Waals surface area contributed by atoms with Crippen LogP contribution in [0.2, 0.25) is 0 Å². The van der Waals surface area contributed by atoms with Crippen LogP contribution in [0.5, 0.6) is 0 Å². The fourth-order valence-electron chi connectivity index (χ4n) is 3.53. The van der Waals surface area contributed by atoms with Gasteiger partial charge in [-0.1, -0.05) is 42.5 Å². The molecule has 0 bridgehead atoms. The van der Waals surface area contributed by atoms with E-state index in [0.717, 1.165) is 18.1 Å². The second-order valence-corrected chi connectivity index (χ2v) is 9.21. The molecule has 4 rings (SSSR count). The summed E-state index contributed by atoms with van der Waals surface area (Å²) >= 11 is 0. The van der Waals surface area contributed by atoms with E-state index < -0.39 is 15.9 Å². The number of nitrogens with zero attached hydrogens (tertiary/aromatic N) is 1. The van der Waals surface area contributed by atoms with Crippen LogP contribution < -0.4 is 10.0 Å². The number of para-hydroxylation sites is 1. The number of fused-ring (bicyclic) bond motifs is 1. The zero-order valence-electron chi connectivity index (χ0n) is 18.0. The van der Waals surface area contributed by atoms with Gasteiger partial charge in [0, 0.05) is 23.6 Å². The minimum atomic E-state index is -3.95. The van der Waals surface area contributed by atoms with Gasteiger partial charge in [-0.3, -0.25) is 9.59 Å². The van der Waals surface area contributed by atoms with Crippen molar-refractivity contribution in [3.63, 3.8) is 0 Å². The molecule has 4 aromatic rings. The minimum absolute atomic E-state index is 0.0769. The standard InChI is InChI=1S/C25H21N3O4S/c1-16-7-3-4-8-20(16)24-15-22(21-9-5-6-10-23(21)27-24)25(30)26-18-11-13-19(14-12-18)33(31,32)28-17(2)29/h3-15H,1-2H3,(H,26,30)(H,28,29). The number of carbonyl (C=O) groups excluding carboxylic acids is 2. The van der Waals surface area contributed by atoms with E-state index in [2.05, 4.69) is 5.32 Å². The molecule has 0 aliphatic rings. The lowest BCUT2D eigenvalue weighted by atomic mass is 10.0. The van der Waals surface area contributed by atoms with E-state index >= 15 is 0 Å². The lowest BCUT2D eigenvalue weighted by Gasteiger charge is -2.12. The molecule has 0 unspecified atom stereocenters. The number of hydrogen-bond acceptors (Lipinski definition) is 5. The summed E-state index contributed by atoms with van der Waals surface area (Å²) < 4.78 is 26.1. The van der Waals surface area contributed by atoms with Crippen molar-refractivity contribution in [3.05, 3.63) is 90.0 Å². The molecule has 2 amide bonds. The molecule has 0 fully saturated rings. The highest BCUT2D eigenvalue weighted by atomic mass is 32.2. The van der Waals surface area contributed by atoms with E-state index in [9.17, 15) is 18.0 Å². The first-order valence-corrected chi connectivity index (χ1v) is 11.6. The van der Waals surface area contributed by atoms with Crippen LogP contribution in [0.15, 0.2) is 83.8 Å². The van der Waals surface area contributed by atoms with E-state index in [1.54, 1.807) is 6.07 Å². The van der Waals surface area contributed by atoms with Crippen LogP contribution in [-0.2, 0) is 14.8 Å². The molecule has 0 spiro atoms. The molecule has 33 heavy (non-hydrogen) atoms. The van der Waals surface area contributed by atoms with Crippen LogP contribution in [0.25, 0.3) is 22.2 Å². The summed E-state index contributed by atoms with van der Waals surface area (Å²) in [5.74, 6) is -1.03. The average Bonchev–Trinajstić information content (AvgIpc) is 2.78. The van der Waals surface area contributed by atoms with Crippen molar-refractivity contribution < 1.29 is 18.0 Å². The van der Waals surface area contributed by atoms with Gasteiger partial charge in [0.2, 0.25) is 5.91 Å². The van der Waals surface area contributed by atoms with Crippen molar-refractivity contribution in [2.75, 3.05) is 5.32 Å². The molecule has 7 nitrogen and oxygen atoms in total. The van der Waals surface area contributed by atoms with E-state index in [4.69, 9.17) is 4.98 Å². The van der Waals surface area contributed by atoms with Gasteiger partial charge in [-0.15, -0.1) is 0 Å². The minimum Gasteiger partial charge on any atom is -0.322 e. The maximum atomic E-state index is 13.2. The number of anilines is 1. The van der Waals surface area contributed by atoms with Crippen LogP contribution in [-0.4, -0.2) is 25.2 Å². The monoisotopic (exact) mass is 459 g/mol. The number of aromatic nitrogens is 1. The summed E-state index contributed by atoms with van der Waals surface area (Å²) in [6, 6.07) is 22.6. The number of rotatable bonds is 5. The molecule has 0 aliphatic heterocycles. The van der Waals surface area contributed by atoms with Gasteiger partial charge in [0.05, 0.1) is 21.7 Å². The first kappa shape index (κ1) is 22.2. The van der Waals surface area contributed by atoms with Crippen LogP contribution in [0.3, 0.4) is 0 Å². The normalized spacial score (nSPS) is 11.2. The molecule has 1 aromatic heterocycles. The van der Waals surface area contributed by atoms with E-state index in [-0.39, 0.29) is 10.8 Å². The van der Waals surface area contributed by atoms with Crippen molar-refractivity contribution in [2.24, 2.45) is 0 Å². The van der Waals surface area contributed by atoms with Crippen molar-refractivity contribution in [3.8, 4) is 11.3 Å². The quantitative estimate of drug-likeness (QED) is 0.463. The number of carbonyl (C=O) groups is 2. The summed E-state index contributed by atoms with van der Waals surface area (Å²) in [4.78, 5) is 29.0. The van der Waals surface area contributed by atoms with Gasteiger partial charge in [0.25, 0.3) is 15.9 Å². The van der Waals surface area contributed by atoms with E-state index in [1.165, 1.54) is 24.3 Å². The largest absolute Gasteiger partial charge is 0.322 e. The van der Waals surface area contributed by atoms with Gasteiger partial charge in [-0.2, -0.15) is 0 Å². The SMILES string of the molecule is CC(=O)NS(=O)(=O)c1ccc(NC(=O)c2cc(-c3ccccc3C)nc3ccccc23)cc1. The topological polar surface area (TPSA) is 105 Å². The Bertz CT molecular complexity index is 1480. The molecular weight excluding hydrogens is 438 g/mol. The molecule has 0 aliphatic carbocycles. The van der Waals surface area contributed by atoms with Crippen LogP contribution in [0.1, 0.15) is 22.8 Å². The van der Waals surface area contributed by atoms with Crippen LogP contribution in [0, 0.1) is 6.92 Å².